The van der Waals surface area contributed by atoms with Crippen molar-refractivity contribution in [1.82, 2.24) is 4.90 Å². The van der Waals surface area contributed by atoms with Crippen LogP contribution in [0.3, 0.4) is 0 Å². The summed E-state index contributed by atoms with van der Waals surface area (Å²) in [7, 11) is 3.67. The highest BCUT2D eigenvalue weighted by Crippen LogP contribution is 2.29. The molecule has 0 bridgehead atoms. The maximum Gasteiger partial charge on any atom is 0.264 e. The first-order valence-corrected chi connectivity index (χ1v) is 6.04. The van der Waals surface area contributed by atoms with E-state index in [4.69, 9.17) is 17.0 Å². The number of carbonyl (C=O) groups excluding carboxylic acids is 1. The Balaban J connectivity index is 2.33. The normalized spacial score (nSPS) is 14.1. The van der Waals surface area contributed by atoms with Crippen molar-refractivity contribution in [3.05, 3.63) is 29.3 Å². The van der Waals surface area contributed by atoms with Gasteiger partial charge in [0.25, 0.3) is 5.17 Å². The van der Waals surface area contributed by atoms with Gasteiger partial charge < -0.3 is 9.64 Å². The van der Waals surface area contributed by atoms with Gasteiger partial charge in [0.05, 0.1) is 0 Å². The summed E-state index contributed by atoms with van der Waals surface area (Å²) in [5, 5.41) is 0.413. The number of rotatable bonds is 1. The second kappa shape index (κ2) is 4.84. The van der Waals surface area contributed by atoms with Crippen molar-refractivity contribution < 1.29 is 9.53 Å². The van der Waals surface area contributed by atoms with Crippen molar-refractivity contribution in [2.75, 3.05) is 14.1 Å². The van der Waals surface area contributed by atoms with Crippen LogP contribution in [0.5, 0.6) is 5.75 Å². The van der Waals surface area contributed by atoms with Crippen LogP contribution in [-0.4, -0.2) is 30.0 Å². The van der Waals surface area contributed by atoms with E-state index in [-0.39, 0.29) is 5.78 Å². The number of benzene rings is 1. The minimum atomic E-state index is 0.201. The molecule has 0 spiro atoms. The summed E-state index contributed by atoms with van der Waals surface area (Å²) in [5.41, 5.74) is 1.78. The third-order valence-electron chi connectivity index (χ3n) is 2.83. The number of carbonyl (C=O) groups is 1. The summed E-state index contributed by atoms with van der Waals surface area (Å²) in [4.78, 5) is 13.5. The average Bonchev–Trinajstić information content (AvgIpc) is 2.30. The molecule has 0 saturated carbocycles. The van der Waals surface area contributed by atoms with Gasteiger partial charge in [-0.3, -0.25) is 4.79 Å². The van der Waals surface area contributed by atoms with E-state index < -0.39 is 0 Å². The number of hydrogen-bond donors (Lipinski definition) is 0. The second-order valence-corrected chi connectivity index (χ2v) is 4.67. The van der Waals surface area contributed by atoms with Gasteiger partial charge in [0.1, 0.15) is 5.75 Å². The van der Waals surface area contributed by atoms with Gasteiger partial charge in [-0.1, -0.05) is 12.1 Å². The van der Waals surface area contributed by atoms with E-state index in [0.717, 1.165) is 24.0 Å². The van der Waals surface area contributed by atoms with E-state index in [9.17, 15) is 4.79 Å². The largest absolute Gasteiger partial charge is 0.431 e. The van der Waals surface area contributed by atoms with Crippen LogP contribution in [0.15, 0.2) is 18.2 Å². The molecule has 17 heavy (non-hydrogen) atoms. The van der Waals surface area contributed by atoms with Crippen molar-refractivity contribution in [1.29, 1.82) is 0 Å². The van der Waals surface area contributed by atoms with Gasteiger partial charge in [-0.2, -0.15) is 0 Å². The molecule has 0 fully saturated rings. The van der Waals surface area contributed by atoms with Crippen LogP contribution in [0.1, 0.15) is 28.8 Å². The number of nitrogens with zero attached hydrogens (tertiary/aromatic N) is 1. The minimum absolute atomic E-state index is 0.201. The molecule has 0 atom stereocenters. The third kappa shape index (κ3) is 2.47. The Bertz CT molecular complexity index is 468. The van der Waals surface area contributed by atoms with Crippen molar-refractivity contribution in [3.8, 4) is 5.75 Å². The van der Waals surface area contributed by atoms with Gasteiger partial charge in [-0.25, -0.2) is 0 Å². The third-order valence-corrected chi connectivity index (χ3v) is 3.27. The first-order valence-electron chi connectivity index (χ1n) is 5.64. The molecule has 0 unspecified atom stereocenters. The lowest BCUT2D eigenvalue weighted by molar-refractivity contribution is 0.0972. The van der Waals surface area contributed by atoms with Crippen molar-refractivity contribution in [3.63, 3.8) is 0 Å². The first kappa shape index (κ1) is 12.0. The number of hydrogen-bond acceptors (Lipinski definition) is 3. The predicted molar refractivity (Wildman–Crippen MR) is 70.6 cm³/mol. The molecule has 0 aliphatic heterocycles. The van der Waals surface area contributed by atoms with Gasteiger partial charge in [-0.15, -0.1) is 0 Å². The lowest BCUT2D eigenvalue weighted by atomic mass is 9.90. The topological polar surface area (TPSA) is 29.5 Å². The van der Waals surface area contributed by atoms with Crippen LogP contribution < -0.4 is 4.74 Å². The summed E-state index contributed by atoms with van der Waals surface area (Å²) in [6.07, 6.45) is 2.41. The number of Topliss-reactive ketones (excluding diaryl/α,β-unsaturated/α-hetero) is 1. The molecule has 1 aromatic carbocycles. The Kier molecular flexibility index (Phi) is 3.43. The highest BCUT2D eigenvalue weighted by molar-refractivity contribution is 7.80. The second-order valence-electron chi connectivity index (χ2n) is 4.32. The lowest BCUT2D eigenvalue weighted by Crippen LogP contribution is -2.26. The van der Waals surface area contributed by atoms with E-state index >= 15 is 0 Å². The fourth-order valence-electron chi connectivity index (χ4n) is 1.93. The Morgan fingerprint density at radius 2 is 2.12 bits per heavy atom. The zero-order valence-corrected chi connectivity index (χ0v) is 10.8. The smallest absolute Gasteiger partial charge is 0.264 e. The van der Waals surface area contributed by atoms with E-state index in [1.54, 1.807) is 4.90 Å². The van der Waals surface area contributed by atoms with Crippen molar-refractivity contribution in [2.24, 2.45) is 0 Å². The molecule has 0 saturated heterocycles. The van der Waals surface area contributed by atoms with Gasteiger partial charge in [0.15, 0.2) is 5.78 Å². The molecule has 1 aliphatic rings. The molecule has 3 nitrogen and oxygen atoms in total. The highest BCUT2D eigenvalue weighted by atomic mass is 32.1. The molecule has 2 rings (SSSR count). The summed E-state index contributed by atoms with van der Waals surface area (Å²) in [6.45, 7) is 0. The summed E-state index contributed by atoms with van der Waals surface area (Å²) in [6, 6.07) is 5.57. The lowest BCUT2D eigenvalue weighted by Gasteiger charge is -2.20. The molecule has 0 heterocycles. The Morgan fingerprint density at radius 3 is 2.82 bits per heavy atom. The van der Waals surface area contributed by atoms with Crippen LogP contribution in [0.4, 0.5) is 0 Å². The Morgan fingerprint density at radius 1 is 1.35 bits per heavy atom. The molecular formula is C13H15NO2S. The number of ether oxygens (including phenoxy) is 1. The van der Waals surface area contributed by atoms with Gasteiger partial charge in [-0.05, 0) is 31.1 Å². The highest BCUT2D eigenvalue weighted by Gasteiger charge is 2.20. The molecule has 4 heteroatoms. The summed E-state index contributed by atoms with van der Waals surface area (Å²) in [5.74, 6) is 0.918. The first-order chi connectivity index (χ1) is 8.09. The fourth-order valence-corrected chi connectivity index (χ4v) is 2.02. The zero-order valence-electron chi connectivity index (χ0n) is 10.0. The van der Waals surface area contributed by atoms with Gasteiger partial charge >= 0.3 is 0 Å². The number of ketones is 1. The summed E-state index contributed by atoms with van der Waals surface area (Å²) >= 11 is 5.11. The van der Waals surface area contributed by atoms with E-state index in [1.165, 1.54) is 0 Å². The number of thiocarbonyl (C=S) groups is 1. The van der Waals surface area contributed by atoms with Crippen molar-refractivity contribution >= 4 is 23.2 Å². The maximum atomic E-state index is 11.8. The molecule has 90 valence electrons. The van der Waals surface area contributed by atoms with Crippen LogP contribution in [0.2, 0.25) is 0 Å². The van der Waals surface area contributed by atoms with Gasteiger partial charge in [0, 0.05) is 31.6 Å². The molecule has 0 amide bonds. The maximum absolute atomic E-state index is 11.8. The fraction of sp³-hybridized carbons (Fsp3) is 0.385. The van der Waals surface area contributed by atoms with Crippen LogP contribution in [0.25, 0.3) is 0 Å². The molecule has 0 N–H and O–H groups in total. The predicted octanol–water partition coefficient (Wildman–Crippen LogP) is 2.43. The molecule has 1 aliphatic carbocycles. The molecule has 1 aromatic rings. The minimum Gasteiger partial charge on any atom is -0.431 e. The average molecular weight is 249 g/mol. The van der Waals surface area contributed by atoms with Crippen molar-refractivity contribution in [2.45, 2.75) is 19.3 Å². The van der Waals surface area contributed by atoms with Crippen LogP contribution in [0, 0.1) is 0 Å². The SMILES string of the molecule is CN(C)C(=S)Oc1cccc2c1CCCC2=O. The Labute approximate surface area is 106 Å². The standard InChI is InChI=1S/C13H15NO2S/c1-14(2)13(17)16-12-8-4-5-9-10(12)6-3-7-11(9)15/h4-5,8H,3,6-7H2,1-2H3. The molecular weight excluding hydrogens is 234 g/mol. The molecule has 0 radical (unpaired) electrons. The van der Waals surface area contributed by atoms with E-state index in [1.807, 2.05) is 32.3 Å². The van der Waals surface area contributed by atoms with E-state index in [0.29, 0.717) is 17.3 Å². The van der Waals surface area contributed by atoms with Gasteiger partial charge in [0.2, 0.25) is 0 Å². The Hall–Kier alpha value is -1.42. The summed E-state index contributed by atoms with van der Waals surface area (Å²) < 4.78 is 5.63. The van der Waals surface area contributed by atoms with Crippen LogP contribution >= 0.6 is 12.2 Å². The quantitative estimate of drug-likeness (QED) is 0.715. The van der Waals surface area contributed by atoms with E-state index in [2.05, 4.69) is 0 Å². The van der Waals surface area contributed by atoms with Crippen LogP contribution in [-0.2, 0) is 6.42 Å². The molecule has 0 aromatic heterocycles. The number of fused-ring (bicyclic) bond motifs is 1. The monoisotopic (exact) mass is 249 g/mol. The zero-order chi connectivity index (χ0) is 12.4.